The molecular weight excluding hydrogens is 244 g/mol. The van der Waals surface area contributed by atoms with Crippen LogP contribution in [0.4, 0.5) is 5.69 Å². The van der Waals surface area contributed by atoms with E-state index in [2.05, 4.69) is 17.1 Å². The number of rotatable bonds is 2. The number of thiocarbonyl (C=S) groups is 1. The maximum absolute atomic E-state index is 5.48. The number of likely N-dealkylation sites (tertiary alicyclic amines) is 1. The lowest BCUT2D eigenvalue weighted by Crippen LogP contribution is -2.44. The second kappa shape index (κ2) is 6.05. The number of anilines is 1. The van der Waals surface area contributed by atoms with Gasteiger partial charge in [0.15, 0.2) is 5.11 Å². The number of nitrogens with one attached hydrogen (secondary N) is 1. The van der Waals surface area contributed by atoms with Crippen molar-refractivity contribution in [2.45, 2.75) is 32.2 Å². The molecule has 0 aromatic heterocycles. The molecular formula is C14H20N2OS. The summed E-state index contributed by atoms with van der Waals surface area (Å²) in [7, 11) is 1.67. The zero-order valence-corrected chi connectivity index (χ0v) is 11.8. The molecule has 2 rings (SSSR count). The number of ether oxygens (including phenoxy) is 1. The molecule has 1 aliphatic rings. The van der Waals surface area contributed by atoms with E-state index in [-0.39, 0.29) is 0 Å². The van der Waals surface area contributed by atoms with Crippen molar-refractivity contribution in [2.24, 2.45) is 0 Å². The largest absolute Gasteiger partial charge is 0.497 e. The number of methoxy groups -OCH3 is 1. The number of nitrogens with zero attached hydrogens (tertiary/aromatic N) is 1. The first kappa shape index (κ1) is 13.1. The topological polar surface area (TPSA) is 24.5 Å². The molecule has 1 atom stereocenters. The van der Waals surface area contributed by atoms with Crippen LogP contribution in [0.1, 0.15) is 26.2 Å². The molecule has 3 nitrogen and oxygen atoms in total. The highest BCUT2D eigenvalue weighted by Crippen LogP contribution is 2.19. The minimum atomic E-state index is 0.539. The Labute approximate surface area is 114 Å². The lowest BCUT2D eigenvalue weighted by atomic mass is 10.0. The minimum absolute atomic E-state index is 0.539. The quantitative estimate of drug-likeness (QED) is 0.829. The second-order valence-electron chi connectivity index (χ2n) is 4.70. The first-order chi connectivity index (χ1) is 8.70. The Morgan fingerprint density at radius 1 is 1.33 bits per heavy atom. The molecule has 1 heterocycles. The average molecular weight is 264 g/mol. The molecule has 1 aliphatic heterocycles. The standard InChI is InChI=1S/C14H20N2OS/c1-11-5-3-4-10-16(11)14(18)15-12-6-8-13(17-2)9-7-12/h6-9,11H,3-5,10H2,1-2H3,(H,15,18). The number of hydrogen-bond acceptors (Lipinski definition) is 2. The SMILES string of the molecule is COc1ccc(NC(=S)N2CCCCC2C)cc1. The molecule has 0 radical (unpaired) electrons. The van der Waals surface area contributed by atoms with Crippen LogP contribution in [0.5, 0.6) is 5.75 Å². The summed E-state index contributed by atoms with van der Waals surface area (Å²) in [5.41, 5.74) is 1.01. The van der Waals surface area contributed by atoms with Crippen molar-refractivity contribution >= 4 is 23.0 Å². The predicted octanol–water partition coefficient (Wildman–Crippen LogP) is 3.27. The van der Waals surface area contributed by atoms with Gasteiger partial charge in [0.25, 0.3) is 0 Å². The Balaban J connectivity index is 1.97. The lowest BCUT2D eigenvalue weighted by Gasteiger charge is -2.35. The molecule has 1 aromatic rings. The summed E-state index contributed by atoms with van der Waals surface area (Å²) in [5, 5.41) is 4.12. The van der Waals surface area contributed by atoms with Gasteiger partial charge < -0.3 is 15.0 Å². The van der Waals surface area contributed by atoms with E-state index in [9.17, 15) is 0 Å². The van der Waals surface area contributed by atoms with Gasteiger partial charge in [-0.05, 0) is 62.7 Å². The maximum atomic E-state index is 5.48. The summed E-state index contributed by atoms with van der Waals surface area (Å²) in [6.07, 6.45) is 3.77. The summed E-state index contributed by atoms with van der Waals surface area (Å²) in [4.78, 5) is 2.28. The fourth-order valence-corrected chi connectivity index (χ4v) is 2.66. The van der Waals surface area contributed by atoms with Crippen LogP contribution in [0.3, 0.4) is 0 Å². The van der Waals surface area contributed by atoms with E-state index >= 15 is 0 Å². The van der Waals surface area contributed by atoms with Crippen molar-refractivity contribution in [1.82, 2.24) is 4.90 Å². The zero-order chi connectivity index (χ0) is 13.0. The summed E-state index contributed by atoms with van der Waals surface area (Å²) >= 11 is 5.48. The van der Waals surface area contributed by atoms with Crippen LogP contribution in [-0.2, 0) is 0 Å². The van der Waals surface area contributed by atoms with Crippen molar-refractivity contribution in [3.63, 3.8) is 0 Å². The van der Waals surface area contributed by atoms with Crippen molar-refractivity contribution in [3.05, 3.63) is 24.3 Å². The third-order valence-corrected chi connectivity index (χ3v) is 3.74. The smallest absolute Gasteiger partial charge is 0.173 e. The van der Waals surface area contributed by atoms with Crippen LogP contribution in [0.25, 0.3) is 0 Å². The third kappa shape index (κ3) is 3.13. The predicted molar refractivity (Wildman–Crippen MR) is 79.2 cm³/mol. The summed E-state index contributed by atoms with van der Waals surface area (Å²) in [5.74, 6) is 0.859. The Morgan fingerprint density at radius 2 is 2.06 bits per heavy atom. The molecule has 0 amide bonds. The average Bonchev–Trinajstić information content (AvgIpc) is 2.40. The van der Waals surface area contributed by atoms with E-state index in [0.29, 0.717) is 6.04 Å². The van der Waals surface area contributed by atoms with Crippen molar-refractivity contribution < 1.29 is 4.74 Å². The Hall–Kier alpha value is -1.29. The normalized spacial score (nSPS) is 19.4. The van der Waals surface area contributed by atoms with Gasteiger partial charge in [-0.1, -0.05) is 0 Å². The van der Waals surface area contributed by atoms with Crippen LogP contribution in [0.15, 0.2) is 24.3 Å². The summed E-state index contributed by atoms with van der Waals surface area (Å²) in [6, 6.07) is 8.38. The summed E-state index contributed by atoms with van der Waals surface area (Å²) in [6.45, 7) is 3.30. The van der Waals surface area contributed by atoms with Gasteiger partial charge in [0.05, 0.1) is 7.11 Å². The van der Waals surface area contributed by atoms with Crippen LogP contribution in [-0.4, -0.2) is 29.7 Å². The van der Waals surface area contributed by atoms with E-state index in [1.165, 1.54) is 19.3 Å². The van der Waals surface area contributed by atoms with Gasteiger partial charge in [0.2, 0.25) is 0 Å². The van der Waals surface area contributed by atoms with Gasteiger partial charge in [-0.25, -0.2) is 0 Å². The fourth-order valence-electron chi connectivity index (χ4n) is 2.27. The molecule has 1 aromatic carbocycles. The molecule has 1 N–H and O–H groups in total. The van der Waals surface area contributed by atoms with Crippen LogP contribution in [0, 0.1) is 0 Å². The van der Waals surface area contributed by atoms with Crippen molar-refractivity contribution in [3.8, 4) is 5.75 Å². The van der Waals surface area contributed by atoms with Gasteiger partial charge in [-0.2, -0.15) is 0 Å². The number of hydrogen-bond donors (Lipinski definition) is 1. The highest BCUT2D eigenvalue weighted by molar-refractivity contribution is 7.80. The van der Waals surface area contributed by atoms with Crippen molar-refractivity contribution in [1.29, 1.82) is 0 Å². The van der Waals surface area contributed by atoms with Gasteiger partial charge in [-0.15, -0.1) is 0 Å². The van der Waals surface area contributed by atoms with Crippen LogP contribution >= 0.6 is 12.2 Å². The highest BCUT2D eigenvalue weighted by Gasteiger charge is 2.20. The van der Waals surface area contributed by atoms with E-state index in [0.717, 1.165) is 23.1 Å². The molecule has 0 aliphatic carbocycles. The minimum Gasteiger partial charge on any atom is -0.497 e. The van der Waals surface area contributed by atoms with Gasteiger partial charge in [0, 0.05) is 18.3 Å². The van der Waals surface area contributed by atoms with Gasteiger partial charge in [0.1, 0.15) is 5.75 Å². The molecule has 1 saturated heterocycles. The first-order valence-corrected chi connectivity index (χ1v) is 6.83. The maximum Gasteiger partial charge on any atom is 0.173 e. The zero-order valence-electron chi connectivity index (χ0n) is 11.0. The molecule has 1 fully saturated rings. The first-order valence-electron chi connectivity index (χ1n) is 6.42. The fraction of sp³-hybridized carbons (Fsp3) is 0.500. The van der Waals surface area contributed by atoms with E-state index in [1.54, 1.807) is 7.11 Å². The lowest BCUT2D eigenvalue weighted by molar-refractivity contribution is 0.262. The monoisotopic (exact) mass is 264 g/mol. The Bertz CT molecular complexity index is 405. The molecule has 0 saturated carbocycles. The molecule has 0 bridgehead atoms. The molecule has 4 heteroatoms. The Morgan fingerprint density at radius 3 is 2.67 bits per heavy atom. The summed E-state index contributed by atoms with van der Waals surface area (Å²) < 4.78 is 5.14. The third-order valence-electron chi connectivity index (χ3n) is 3.41. The van der Waals surface area contributed by atoms with E-state index in [1.807, 2.05) is 24.3 Å². The van der Waals surface area contributed by atoms with Crippen LogP contribution < -0.4 is 10.1 Å². The van der Waals surface area contributed by atoms with Gasteiger partial charge >= 0.3 is 0 Å². The van der Waals surface area contributed by atoms with Crippen molar-refractivity contribution in [2.75, 3.05) is 19.0 Å². The molecule has 1 unspecified atom stereocenters. The van der Waals surface area contributed by atoms with E-state index in [4.69, 9.17) is 17.0 Å². The highest BCUT2D eigenvalue weighted by atomic mass is 32.1. The number of benzene rings is 1. The Kier molecular flexibility index (Phi) is 4.42. The second-order valence-corrected chi connectivity index (χ2v) is 5.08. The molecule has 0 spiro atoms. The molecule has 18 heavy (non-hydrogen) atoms. The van der Waals surface area contributed by atoms with Gasteiger partial charge in [-0.3, -0.25) is 0 Å². The van der Waals surface area contributed by atoms with Crippen LogP contribution in [0.2, 0.25) is 0 Å². The molecule has 98 valence electrons. The van der Waals surface area contributed by atoms with E-state index < -0.39 is 0 Å². The number of piperidine rings is 1.